The molecule has 2 aromatic carbocycles. The van der Waals surface area contributed by atoms with Crippen molar-refractivity contribution in [1.29, 1.82) is 0 Å². The lowest BCUT2D eigenvalue weighted by atomic mass is 10.0. The molecule has 1 aromatic heterocycles. The normalized spacial score (nSPS) is 17.7. The van der Waals surface area contributed by atoms with Crippen molar-refractivity contribution in [2.75, 3.05) is 19.6 Å². The highest BCUT2D eigenvalue weighted by Gasteiger charge is 2.25. The van der Waals surface area contributed by atoms with Crippen LogP contribution in [-0.2, 0) is 11.2 Å². The summed E-state index contributed by atoms with van der Waals surface area (Å²) in [6, 6.07) is 17.5. The van der Waals surface area contributed by atoms with Crippen LogP contribution in [-0.4, -0.2) is 39.9 Å². The average molecular weight is 390 g/mol. The molecule has 0 amide bonds. The third-order valence-corrected chi connectivity index (χ3v) is 5.93. The van der Waals surface area contributed by atoms with Crippen LogP contribution in [0.4, 0.5) is 0 Å². The number of carbonyl (C=O) groups is 1. The molecule has 3 aromatic rings. The smallest absolute Gasteiger partial charge is 0.141 e. The summed E-state index contributed by atoms with van der Waals surface area (Å²) in [5.74, 6) is 1.29. The van der Waals surface area contributed by atoms with Crippen LogP contribution in [0, 0.1) is 0 Å². The van der Waals surface area contributed by atoms with Gasteiger partial charge in [0.1, 0.15) is 11.6 Å². The second-order valence-electron chi connectivity index (χ2n) is 8.29. The minimum Gasteiger partial charge on any atom is -0.320 e. The van der Waals surface area contributed by atoms with E-state index < -0.39 is 0 Å². The van der Waals surface area contributed by atoms with E-state index in [1.165, 1.54) is 43.4 Å². The van der Waals surface area contributed by atoms with Gasteiger partial charge in [-0.3, -0.25) is 0 Å². The molecule has 2 heterocycles. The standard InChI is InChI=1S/C25H31N3O/c1-3-15-27-16-7-10-22(18-27)28-24-12-5-4-11-23(24)26-25(28)21-9-6-8-20(17-21)14-13-19(2)29/h4-6,8-9,11-12,17,22H,3,7,10,13-16,18H2,1-2H3. The van der Waals surface area contributed by atoms with Gasteiger partial charge in [0.2, 0.25) is 0 Å². The van der Waals surface area contributed by atoms with Crippen molar-refractivity contribution < 1.29 is 4.79 Å². The van der Waals surface area contributed by atoms with Gasteiger partial charge in [-0.25, -0.2) is 4.98 Å². The van der Waals surface area contributed by atoms with Gasteiger partial charge in [0.15, 0.2) is 0 Å². The Morgan fingerprint density at radius 1 is 1.17 bits per heavy atom. The summed E-state index contributed by atoms with van der Waals surface area (Å²) in [6.45, 7) is 7.37. The molecular weight excluding hydrogens is 358 g/mol. The molecule has 1 fully saturated rings. The van der Waals surface area contributed by atoms with Gasteiger partial charge in [0.05, 0.1) is 11.0 Å². The van der Waals surface area contributed by atoms with Crippen LogP contribution in [0.2, 0.25) is 0 Å². The average Bonchev–Trinajstić information content (AvgIpc) is 3.13. The SMILES string of the molecule is CCCN1CCCC(n2c(-c3cccc(CCC(C)=O)c3)nc3ccccc32)C1. The van der Waals surface area contributed by atoms with E-state index in [4.69, 9.17) is 4.98 Å². The number of aryl methyl sites for hydroxylation is 1. The summed E-state index contributed by atoms with van der Waals surface area (Å²) >= 11 is 0. The van der Waals surface area contributed by atoms with Gasteiger partial charge in [0, 0.05) is 24.6 Å². The molecule has 0 spiro atoms. The van der Waals surface area contributed by atoms with Crippen LogP contribution in [0.25, 0.3) is 22.4 Å². The number of nitrogens with zero attached hydrogens (tertiary/aromatic N) is 3. The Kier molecular flexibility index (Phi) is 6.10. The second kappa shape index (κ2) is 8.91. The molecule has 4 nitrogen and oxygen atoms in total. The third kappa shape index (κ3) is 4.43. The first-order valence-corrected chi connectivity index (χ1v) is 10.9. The largest absolute Gasteiger partial charge is 0.320 e. The van der Waals surface area contributed by atoms with Crippen molar-refractivity contribution in [2.24, 2.45) is 0 Å². The van der Waals surface area contributed by atoms with Crippen LogP contribution in [0.15, 0.2) is 48.5 Å². The highest BCUT2D eigenvalue weighted by molar-refractivity contribution is 5.81. The number of benzene rings is 2. The molecule has 0 bridgehead atoms. The fourth-order valence-corrected chi connectivity index (χ4v) is 4.57. The Morgan fingerprint density at radius 3 is 2.86 bits per heavy atom. The number of aromatic nitrogens is 2. The predicted octanol–water partition coefficient (Wildman–Crippen LogP) is 5.27. The predicted molar refractivity (Wildman–Crippen MR) is 119 cm³/mol. The van der Waals surface area contributed by atoms with Crippen molar-refractivity contribution in [3.63, 3.8) is 0 Å². The maximum Gasteiger partial charge on any atom is 0.141 e. The molecule has 0 radical (unpaired) electrons. The lowest BCUT2D eigenvalue weighted by Gasteiger charge is -2.34. The Balaban J connectivity index is 1.74. The molecule has 1 aliphatic heterocycles. The summed E-state index contributed by atoms with van der Waals surface area (Å²) in [7, 11) is 0. The molecule has 29 heavy (non-hydrogen) atoms. The van der Waals surface area contributed by atoms with E-state index in [0.717, 1.165) is 29.9 Å². The van der Waals surface area contributed by atoms with Gasteiger partial charge in [-0.15, -0.1) is 0 Å². The van der Waals surface area contributed by atoms with Crippen LogP contribution < -0.4 is 0 Å². The van der Waals surface area contributed by atoms with Gasteiger partial charge in [-0.1, -0.05) is 37.3 Å². The van der Waals surface area contributed by atoms with E-state index in [1.807, 2.05) is 0 Å². The van der Waals surface area contributed by atoms with Crippen LogP contribution >= 0.6 is 0 Å². The van der Waals surface area contributed by atoms with E-state index in [1.54, 1.807) is 6.92 Å². The minimum absolute atomic E-state index is 0.237. The van der Waals surface area contributed by atoms with Crippen LogP contribution in [0.5, 0.6) is 0 Å². The zero-order chi connectivity index (χ0) is 20.2. The molecule has 1 aliphatic rings. The lowest BCUT2D eigenvalue weighted by Crippen LogP contribution is -2.37. The van der Waals surface area contributed by atoms with Crippen molar-refractivity contribution in [2.45, 2.75) is 52.0 Å². The zero-order valence-corrected chi connectivity index (χ0v) is 17.6. The van der Waals surface area contributed by atoms with Crippen molar-refractivity contribution in [3.05, 3.63) is 54.1 Å². The van der Waals surface area contributed by atoms with Crippen molar-refractivity contribution in [3.8, 4) is 11.4 Å². The molecule has 0 saturated carbocycles. The molecule has 152 valence electrons. The Labute approximate surface area is 173 Å². The third-order valence-electron chi connectivity index (χ3n) is 5.93. The highest BCUT2D eigenvalue weighted by atomic mass is 16.1. The van der Waals surface area contributed by atoms with Gasteiger partial charge >= 0.3 is 0 Å². The number of piperidine rings is 1. The van der Waals surface area contributed by atoms with E-state index in [-0.39, 0.29) is 5.78 Å². The number of ketones is 1. The topological polar surface area (TPSA) is 38.1 Å². The minimum atomic E-state index is 0.237. The summed E-state index contributed by atoms with van der Waals surface area (Å²) < 4.78 is 2.47. The fourth-order valence-electron chi connectivity index (χ4n) is 4.57. The Bertz CT molecular complexity index is 989. The number of imidazole rings is 1. The molecular formula is C25H31N3O. The molecule has 0 N–H and O–H groups in total. The first-order valence-electron chi connectivity index (χ1n) is 10.9. The van der Waals surface area contributed by atoms with Crippen LogP contribution in [0.3, 0.4) is 0 Å². The van der Waals surface area contributed by atoms with Gasteiger partial charge in [-0.05, 0) is 69.5 Å². The first-order chi connectivity index (χ1) is 14.2. The van der Waals surface area contributed by atoms with E-state index >= 15 is 0 Å². The number of Topliss-reactive ketones (excluding diaryl/α,β-unsaturated/α-hetero) is 1. The number of carbonyl (C=O) groups excluding carboxylic acids is 1. The summed E-state index contributed by atoms with van der Waals surface area (Å²) in [5.41, 5.74) is 4.63. The number of likely N-dealkylation sites (tertiary alicyclic amines) is 1. The van der Waals surface area contributed by atoms with Crippen molar-refractivity contribution in [1.82, 2.24) is 14.5 Å². The van der Waals surface area contributed by atoms with Gasteiger partial charge < -0.3 is 14.3 Å². The second-order valence-corrected chi connectivity index (χ2v) is 8.29. The number of hydrogen-bond donors (Lipinski definition) is 0. The summed E-state index contributed by atoms with van der Waals surface area (Å²) in [5, 5.41) is 0. The summed E-state index contributed by atoms with van der Waals surface area (Å²) in [6.07, 6.45) is 5.00. The number of fused-ring (bicyclic) bond motifs is 1. The molecule has 1 atom stereocenters. The number of hydrogen-bond acceptors (Lipinski definition) is 3. The zero-order valence-electron chi connectivity index (χ0n) is 17.6. The van der Waals surface area contributed by atoms with Gasteiger partial charge in [0.25, 0.3) is 0 Å². The quantitative estimate of drug-likeness (QED) is 0.552. The maximum atomic E-state index is 11.4. The fraction of sp³-hybridized carbons (Fsp3) is 0.440. The monoisotopic (exact) mass is 389 g/mol. The Hall–Kier alpha value is -2.46. The first kappa shape index (κ1) is 19.8. The molecule has 1 saturated heterocycles. The molecule has 1 unspecified atom stereocenters. The lowest BCUT2D eigenvalue weighted by molar-refractivity contribution is -0.116. The van der Waals surface area contributed by atoms with Gasteiger partial charge in [-0.2, -0.15) is 0 Å². The maximum absolute atomic E-state index is 11.4. The number of para-hydroxylation sites is 2. The molecule has 0 aliphatic carbocycles. The van der Waals surface area contributed by atoms with Crippen molar-refractivity contribution >= 4 is 16.8 Å². The Morgan fingerprint density at radius 2 is 2.03 bits per heavy atom. The van der Waals surface area contributed by atoms with E-state index in [2.05, 4.69) is 64.9 Å². The molecule has 4 rings (SSSR count). The van der Waals surface area contributed by atoms with Crippen LogP contribution in [0.1, 0.15) is 51.1 Å². The van der Waals surface area contributed by atoms with E-state index in [9.17, 15) is 4.79 Å². The van der Waals surface area contributed by atoms with E-state index in [0.29, 0.717) is 12.5 Å². The number of rotatable bonds is 7. The summed E-state index contributed by atoms with van der Waals surface area (Å²) in [4.78, 5) is 19.0. The highest BCUT2D eigenvalue weighted by Crippen LogP contribution is 2.33. The molecule has 4 heteroatoms.